The van der Waals surface area contributed by atoms with Gasteiger partial charge in [-0.2, -0.15) is 13.2 Å². The maximum atomic E-state index is 13.0. The number of nitrogens with one attached hydrogen (secondary N) is 4. The van der Waals surface area contributed by atoms with E-state index in [9.17, 15) is 22.8 Å². The first-order valence-electron chi connectivity index (χ1n) is 8.79. The molecule has 3 aromatic rings. The SMILES string of the molecule is CNC(=O)c1cc(Oc2ccc(NC(=O)Nc3ccc(Br)c(C(F)(F)F)c3)cc2)c[nH]1. The summed E-state index contributed by atoms with van der Waals surface area (Å²) >= 11 is 2.85. The molecule has 162 valence electrons. The average Bonchev–Trinajstić information content (AvgIpc) is 3.18. The van der Waals surface area contributed by atoms with Crippen molar-refractivity contribution in [2.45, 2.75) is 6.18 Å². The Morgan fingerprint density at radius 2 is 1.61 bits per heavy atom. The van der Waals surface area contributed by atoms with E-state index in [2.05, 4.69) is 36.9 Å². The summed E-state index contributed by atoms with van der Waals surface area (Å²) in [4.78, 5) is 26.4. The molecule has 0 aliphatic rings. The van der Waals surface area contributed by atoms with Gasteiger partial charge >= 0.3 is 12.2 Å². The smallest absolute Gasteiger partial charge is 0.417 e. The summed E-state index contributed by atoms with van der Waals surface area (Å²) in [7, 11) is 1.51. The standard InChI is InChI=1S/C20H16BrF3N4O3/c1-25-18(29)17-9-14(10-26-17)31-13-5-2-11(3-6-13)27-19(30)28-12-4-7-16(21)15(8-12)20(22,23)24/h2-10,26H,1H3,(H,25,29)(H2,27,28,30). The highest BCUT2D eigenvalue weighted by molar-refractivity contribution is 9.10. The Hall–Kier alpha value is -3.47. The van der Waals surface area contributed by atoms with Gasteiger partial charge in [-0.1, -0.05) is 15.9 Å². The average molecular weight is 497 g/mol. The minimum atomic E-state index is -4.55. The first-order valence-corrected chi connectivity index (χ1v) is 9.58. The summed E-state index contributed by atoms with van der Waals surface area (Å²) in [6.45, 7) is 0. The molecule has 1 heterocycles. The van der Waals surface area contributed by atoms with Crippen molar-refractivity contribution in [1.82, 2.24) is 10.3 Å². The number of ether oxygens (including phenoxy) is 1. The molecular weight excluding hydrogens is 481 g/mol. The molecule has 1 aromatic heterocycles. The molecule has 31 heavy (non-hydrogen) atoms. The normalized spacial score (nSPS) is 11.0. The summed E-state index contributed by atoms with van der Waals surface area (Å²) < 4.78 is 44.4. The monoisotopic (exact) mass is 496 g/mol. The van der Waals surface area contributed by atoms with Crippen molar-refractivity contribution in [3.05, 3.63) is 70.5 Å². The Labute approximate surface area is 183 Å². The lowest BCUT2D eigenvalue weighted by Gasteiger charge is -2.12. The fourth-order valence-electron chi connectivity index (χ4n) is 2.56. The molecule has 2 aromatic carbocycles. The highest BCUT2D eigenvalue weighted by Crippen LogP contribution is 2.36. The van der Waals surface area contributed by atoms with Crippen LogP contribution < -0.4 is 20.7 Å². The van der Waals surface area contributed by atoms with Gasteiger partial charge in [0.15, 0.2) is 0 Å². The highest BCUT2D eigenvalue weighted by atomic mass is 79.9. The lowest BCUT2D eigenvalue weighted by Crippen LogP contribution is -2.19. The van der Waals surface area contributed by atoms with Gasteiger partial charge in [-0.05, 0) is 42.5 Å². The van der Waals surface area contributed by atoms with Crippen molar-refractivity contribution < 1.29 is 27.5 Å². The number of aromatic nitrogens is 1. The molecular formula is C20H16BrF3N4O3. The van der Waals surface area contributed by atoms with Crippen LogP contribution in [0.5, 0.6) is 11.5 Å². The maximum absolute atomic E-state index is 13.0. The predicted molar refractivity (Wildman–Crippen MR) is 112 cm³/mol. The van der Waals surface area contributed by atoms with Crippen molar-refractivity contribution in [3.8, 4) is 11.5 Å². The van der Waals surface area contributed by atoms with E-state index < -0.39 is 17.8 Å². The van der Waals surface area contributed by atoms with Gasteiger partial charge < -0.3 is 25.7 Å². The molecule has 4 N–H and O–H groups in total. The molecule has 0 spiro atoms. The number of rotatable bonds is 5. The van der Waals surface area contributed by atoms with Gasteiger partial charge in [0.05, 0.1) is 5.56 Å². The Balaban J connectivity index is 1.60. The highest BCUT2D eigenvalue weighted by Gasteiger charge is 2.33. The minimum Gasteiger partial charge on any atom is -0.456 e. The molecule has 0 aliphatic carbocycles. The van der Waals surface area contributed by atoms with Crippen LogP contribution in [0.25, 0.3) is 0 Å². The van der Waals surface area contributed by atoms with Crippen LogP contribution in [-0.2, 0) is 6.18 Å². The number of hydrogen-bond donors (Lipinski definition) is 4. The number of hydrogen-bond acceptors (Lipinski definition) is 3. The zero-order valence-electron chi connectivity index (χ0n) is 15.9. The molecule has 0 fully saturated rings. The summed E-state index contributed by atoms with van der Waals surface area (Å²) in [5.74, 6) is 0.595. The topological polar surface area (TPSA) is 95.2 Å². The van der Waals surface area contributed by atoms with Crippen molar-refractivity contribution in [3.63, 3.8) is 0 Å². The summed E-state index contributed by atoms with van der Waals surface area (Å²) in [5.41, 5.74) is -0.157. The summed E-state index contributed by atoms with van der Waals surface area (Å²) in [6, 6.07) is 10.5. The first-order chi connectivity index (χ1) is 14.7. The molecule has 0 saturated carbocycles. The van der Waals surface area contributed by atoms with Gasteiger partial charge in [0.25, 0.3) is 5.91 Å². The molecule has 0 bridgehead atoms. The molecule has 3 amide bonds. The van der Waals surface area contributed by atoms with Gasteiger partial charge in [0.1, 0.15) is 17.2 Å². The van der Waals surface area contributed by atoms with Crippen LogP contribution in [0.4, 0.5) is 29.3 Å². The molecule has 0 atom stereocenters. The van der Waals surface area contributed by atoms with E-state index in [-0.39, 0.29) is 16.1 Å². The summed E-state index contributed by atoms with van der Waals surface area (Å²) in [5, 5.41) is 7.37. The third kappa shape index (κ3) is 5.79. The third-order valence-electron chi connectivity index (χ3n) is 4.01. The number of H-pyrrole nitrogens is 1. The number of urea groups is 1. The number of halogens is 4. The maximum Gasteiger partial charge on any atom is 0.417 e. The Morgan fingerprint density at radius 1 is 0.968 bits per heavy atom. The molecule has 0 saturated heterocycles. The number of benzene rings is 2. The van der Waals surface area contributed by atoms with Crippen LogP contribution in [-0.4, -0.2) is 24.0 Å². The molecule has 0 radical (unpaired) electrons. The Morgan fingerprint density at radius 3 is 2.26 bits per heavy atom. The van der Waals surface area contributed by atoms with Gasteiger partial charge in [0, 0.05) is 35.2 Å². The third-order valence-corrected chi connectivity index (χ3v) is 4.70. The van der Waals surface area contributed by atoms with Crippen LogP contribution in [0.1, 0.15) is 16.1 Å². The Bertz CT molecular complexity index is 1100. The van der Waals surface area contributed by atoms with Crippen LogP contribution >= 0.6 is 15.9 Å². The van der Waals surface area contributed by atoms with Crippen LogP contribution in [0.3, 0.4) is 0 Å². The van der Waals surface area contributed by atoms with E-state index in [1.165, 1.54) is 31.4 Å². The second-order valence-corrected chi connectivity index (χ2v) is 7.08. The van der Waals surface area contributed by atoms with E-state index in [0.717, 1.165) is 6.07 Å². The van der Waals surface area contributed by atoms with Crippen molar-refractivity contribution in [2.75, 3.05) is 17.7 Å². The van der Waals surface area contributed by atoms with Gasteiger partial charge in [-0.25, -0.2) is 4.79 Å². The first kappa shape index (κ1) is 22.2. The second-order valence-electron chi connectivity index (χ2n) is 6.23. The van der Waals surface area contributed by atoms with Crippen LogP contribution in [0.2, 0.25) is 0 Å². The van der Waals surface area contributed by atoms with E-state index in [4.69, 9.17) is 4.74 Å². The second kappa shape index (κ2) is 9.13. The number of carbonyl (C=O) groups is 2. The van der Waals surface area contributed by atoms with Gasteiger partial charge in [-0.15, -0.1) is 0 Å². The molecule has 0 unspecified atom stereocenters. The van der Waals surface area contributed by atoms with E-state index >= 15 is 0 Å². The number of alkyl halides is 3. The van der Waals surface area contributed by atoms with Crippen molar-refractivity contribution in [2.24, 2.45) is 0 Å². The molecule has 7 nitrogen and oxygen atoms in total. The largest absolute Gasteiger partial charge is 0.456 e. The quantitative estimate of drug-likeness (QED) is 0.370. The van der Waals surface area contributed by atoms with Gasteiger partial charge in [-0.3, -0.25) is 4.79 Å². The van der Waals surface area contributed by atoms with E-state index in [1.54, 1.807) is 24.3 Å². The molecule has 11 heteroatoms. The number of aromatic amines is 1. The minimum absolute atomic E-state index is 0.00708. The fourth-order valence-corrected chi connectivity index (χ4v) is 3.03. The lowest BCUT2D eigenvalue weighted by atomic mass is 10.2. The number of anilines is 2. The summed E-state index contributed by atoms with van der Waals surface area (Å²) in [6.07, 6.45) is -3.03. The molecule has 3 rings (SSSR count). The van der Waals surface area contributed by atoms with Crippen molar-refractivity contribution in [1.29, 1.82) is 0 Å². The lowest BCUT2D eigenvalue weighted by molar-refractivity contribution is -0.138. The van der Waals surface area contributed by atoms with E-state index in [1.807, 2.05) is 0 Å². The predicted octanol–water partition coefficient (Wildman–Crippen LogP) is 5.59. The van der Waals surface area contributed by atoms with Gasteiger partial charge in [0.2, 0.25) is 0 Å². The van der Waals surface area contributed by atoms with E-state index in [0.29, 0.717) is 22.9 Å². The van der Waals surface area contributed by atoms with Crippen LogP contribution in [0.15, 0.2) is 59.2 Å². The number of amides is 3. The van der Waals surface area contributed by atoms with Crippen LogP contribution in [0, 0.1) is 0 Å². The number of carbonyl (C=O) groups excluding carboxylic acids is 2. The fraction of sp³-hybridized carbons (Fsp3) is 0.100. The van der Waals surface area contributed by atoms with Crippen molar-refractivity contribution >= 4 is 39.2 Å². The zero-order valence-corrected chi connectivity index (χ0v) is 17.5. The zero-order chi connectivity index (χ0) is 22.6. The molecule has 0 aliphatic heterocycles. The Kier molecular flexibility index (Phi) is 6.54.